The third-order valence-corrected chi connectivity index (χ3v) is 3.87. The van der Waals surface area contributed by atoms with Gasteiger partial charge in [0.2, 0.25) is 10.0 Å². The molecule has 21 heavy (non-hydrogen) atoms. The molecule has 0 aliphatic heterocycles. The number of hydrogen-bond donors (Lipinski definition) is 1. The molecule has 0 saturated heterocycles. The topological polar surface area (TPSA) is 70.0 Å². The van der Waals surface area contributed by atoms with Gasteiger partial charge in [-0.25, -0.2) is 17.2 Å². The Hall–Kier alpha value is -2.46. The Morgan fingerprint density at radius 3 is 2.57 bits per heavy atom. The van der Waals surface area contributed by atoms with Gasteiger partial charge >= 0.3 is 0 Å². The number of rotatable bonds is 4. The van der Waals surface area contributed by atoms with Crippen LogP contribution in [0.15, 0.2) is 42.5 Å². The maximum Gasteiger partial charge on any atom is 0.236 e. The van der Waals surface area contributed by atoms with Crippen LogP contribution in [0.25, 0.3) is 0 Å². The zero-order valence-electron chi connectivity index (χ0n) is 10.7. The van der Waals surface area contributed by atoms with Crippen LogP contribution in [0.4, 0.5) is 14.5 Å². The lowest BCUT2D eigenvalue weighted by Gasteiger charge is -2.08. The van der Waals surface area contributed by atoms with Crippen molar-refractivity contribution in [2.24, 2.45) is 0 Å². The van der Waals surface area contributed by atoms with Gasteiger partial charge in [0.05, 0.1) is 11.3 Å². The van der Waals surface area contributed by atoms with Gasteiger partial charge in [-0.05, 0) is 35.9 Å². The molecule has 0 saturated carbocycles. The van der Waals surface area contributed by atoms with Crippen LogP contribution in [0.2, 0.25) is 0 Å². The van der Waals surface area contributed by atoms with Crippen molar-refractivity contribution in [2.75, 3.05) is 4.72 Å². The summed E-state index contributed by atoms with van der Waals surface area (Å²) in [7, 11) is -3.79. The summed E-state index contributed by atoms with van der Waals surface area (Å²) in [5.74, 6) is -1.69. The first kappa shape index (κ1) is 14.9. The molecule has 7 heteroatoms. The molecular formula is C14H10F2N2O2S. The lowest BCUT2D eigenvalue weighted by Crippen LogP contribution is -2.15. The SMILES string of the molecule is N#Cc1cc(NS(=O)(=O)Cc2cccc(F)c2)ccc1F. The first-order valence-electron chi connectivity index (χ1n) is 5.84. The van der Waals surface area contributed by atoms with Crippen molar-refractivity contribution in [3.63, 3.8) is 0 Å². The van der Waals surface area contributed by atoms with E-state index in [1.165, 1.54) is 24.3 Å². The van der Waals surface area contributed by atoms with Crippen molar-refractivity contribution in [1.82, 2.24) is 0 Å². The van der Waals surface area contributed by atoms with Crippen LogP contribution >= 0.6 is 0 Å². The Labute approximate surface area is 120 Å². The molecule has 0 aromatic heterocycles. The van der Waals surface area contributed by atoms with Crippen molar-refractivity contribution in [3.05, 3.63) is 65.2 Å². The van der Waals surface area contributed by atoms with Gasteiger partial charge in [-0.15, -0.1) is 0 Å². The number of anilines is 1. The summed E-state index contributed by atoms with van der Waals surface area (Å²) >= 11 is 0. The molecule has 0 amide bonds. The maximum absolute atomic E-state index is 13.2. The maximum atomic E-state index is 13.2. The Kier molecular flexibility index (Phi) is 4.19. The highest BCUT2D eigenvalue weighted by atomic mass is 32.2. The minimum Gasteiger partial charge on any atom is -0.283 e. The molecule has 2 rings (SSSR count). The normalized spacial score (nSPS) is 10.9. The van der Waals surface area contributed by atoms with E-state index < -0.39 is 27.4 Å². The molecule has 108 valence electrons. The minimum absolute atomic E-state index is 0.0735. The van der Waals surface area contributed by atoms with Crippen LogP contribution in [0.1, 0.15) is 11.1 Å². The van der Waals surface area contributed by atoms with Crippen LogP contribution in [0.3, 0.4) is 0 Å². The number of nitrogens with zero attached hydrogens (tertiary/aromatic N) is 1. The van der Waals surface area contributed by atoms with E-state index in [-0.39, 0.29) is 16.8 Å². The first-order chi connectivity index (χ1) is 9.89. The lowest BCUT2D eigenvalue weighted by atomic mass is 10.2. The van der Waals surface area contributed by atoms with E-state index in [0.717, 1.165) is 18.2 Å². The average Bonchev–Trinajstić information content (AvgIpc) is 2.40. The highest BCUT2D eigenvalue weighted by molar-refractivity contribution is 7.91. The molecule has 0 heterocycles. The zero-order chi connectivity index (χ0) is 15.5. The van der Waals surface area contributed by atoms with Crippen LogP contribution in [-0.2, 0) is 15.8 Å². The smallest absolute Gasteiger partial charge is 0.236 e. The Morgan fingerprint density at radius 2 is 1.90 bits per heavy atom. The van der Waals surface area contributed by atoms with Crippen LogP contribution < -0.4 is 4.72 Å². The summed E-state index contributed by atoms with van der Waals surface area (Å²) in [6, 6.07) is 10.1. The average molecular weight is 308 g/mol. The summed E-state index contributed by atoms with van der Waals surface area (Å²) in [6.07, 6.45) is 0. The molecule has 2 aromatic carbocycles. The van der Waals surface area contributed by atoms with E-state index in [1.54, 1.807) is 6.07 Å². The zero-order valence-corrected chi connectivity index (χ0v) is 11.5. The number of halogens is 2. The van der Waals surface area contributed by atoms with Gasteiger partial charge < -0.3 is 0 Å². The van der Waals surface area contributed by atoms with Crippen molar-refractivity contribution in [1.29, 1.82) is 5.26 Å². The summed E-state index contributed by atoms with van der Waals surface area (Å²) in [6.45, 7) is 0. The molecular weight excluding hydrogens is 298 g/mol. The van der Waals surface area contributed by atoms with Crippen LogP contribution in [-0.4, -0.2) is 8.42 Å². The molecule has 1 N–H and O–H groups in total. The molecule has 0 bridgehead atoms. The van der Waals surface area contributed by atoms with E-state index in [1.807, 2.05) is 0 Å². The third kappa shape index (κ3) is 4.00. The second-order valence-electron chi connectivity index (χ2n) is 4.30. The van der Waals surface area contributed by atoms with E-state index >= 15 is 0 Å². The largest absolute Gasteiger partial charge is 0.283 e. The van der Waals surface area contributed by atoms with Crippen molar-refractivity contribution in [3.8, 4) is 6.07 Å². The first-order valence-corrected chi connectivity index (χ1v) is 7.49. The molecule has 0 aliphatic rings. The lowest BCUT2D eigenvalue weighted by molar-refractivity contribution is 0.599. The molecule has 0 aliphatic carbocycles. The van der Waals surface area contributed by atoms with E-state index in [0.29, 0.717) is 0 Å². The molecule has 4 nitrogen and oxygen atoms in total. The van der Waals surface area contributed by atoms with Crippen LogP contribution in [0.5, 0.6) is 0 Å². The molecule has 0 spiro atoms. The highest BCUT2D eigenvalue weighted by Crippen LogP contribution is 2.17. The summed E-state index contributed by atoms with van der Waals surface area (Å²) in [5, 5.41) is 8.70. The third-order valence-electron chi connectivity index (χ3n) is 2.61. The van der Waals surface area contributed by atoms with Gasteiger partial charge in [0.1, 0.15) is 17.7 Å². The van der Waals surface area contributed by atoms with Crippen molar-refractivity contribution < 1.29 is 17.2 Å². The number of nitrogens with one attached hydrogen (secondary N) is 1. The predicted octanol–water partition coefficient (Wildman–Crippen LogP) is 2.78. The standard InChI is InChI=1S/C14H10F2N2O2S/c15-12-3-1-2-10(6-12)9-21(19,20)18-13-4-5-14(16)11(7-13)8-17/h1-7,18H,9H2. The Balaban J connectivity index is 2.20. The van der Waals surface area contributed by atoms with Gasteiger partial charge in [-0.1, -0.05) is 12.1 Å². The minimum atomic E-state index is -3.79. The number of benzene rings is 2. The highest BCUT2D eigenvalue weighted by Gasteiger charge is 2.13. The van der Waals surface area contributed by atoms with Crippen LogP contribution in [0, 0.1) is 23.0 Å². The molecule has 2 aromatic rings. The number of hydrogen-bond acceptors (Lipinski definition) is 3. The molecule has 0 fully saturated rings. The predicted molar refractivity (Wildman–Crippen MR) is 73.8 cm³/mol. The summed E-state index contributed by atoms with van der Waals surface area (Å²) in [4.78, 5) is 0. The molecule has 0 radical (unpaired) electrons. The van der Waals surface area contributed by atoms with Crippen molar-refractivity contribution in [2.45, 2.75) is 5.75 Å². The number of sulfonamides is 1. The quantitative estimate of drug-likeness (QED) is 0.944. The molecule has 0 unspecified atom stereocenters. The fraction of sp³-hybridized carbons (Fsp3) is 0.0714. The van der Waals surface area contributed by atoms with Gasteiger partial charge in [-0.3, -0.25) is 4.72 Å². The van der Waals surface area contributed by atoms with Gasteiger partial charge in [0.25, 0.3) is 0 Å². The fourth-order valence-corrected chi connectivity index (χ4v) is 2.91. The summed E-state index contributed by atoms with van der Waals surface area (Å²) < 4.78 is 52.3. The van der Waals surface area contributed by atoms with E-state index in [9.17, 15) is 17.2 Å². The monoisotopic (exact) mass is 308 g/mol. The van der Waals surface area contributed by atoms with Gasteiger partial charge in [0.15, 0.2) is 0 Å². The second-order valence-corrected chi connectivity index (χ2v) is 6.02. The Morgan fingerprint density at radius 1 is 1.14 bits per heavy atom. The fourth-order valence-electron chi connectivity index (χ4n) is 1.74. The molecule has 0 atom stereocenters. The van der Waals surface area contributed by atoms with E-state index in [4.69, 9.17) is 5.26 Å². The van der Waals surface area contributed by atoms with E-state index in [2.05, 4.69) is 4.72 Å². The Bertz CT molecular complexity index is 814. The second kappa shape index (κ2) is 5.89. The summed E-state index contributed by atoms with van der Waals surface area (Å²) in [5.41, 5.74) is 0.0930. The number of nitriles is 1. The van der Waals surface area contributed by atoms with Gasteiger partial charge in [-0.2, -0.15) is 5.26 Å². The van der Waals surface area contributed by atoms with Crippen molar-refractivity contribution >= 4 is 15.7 Å². The van der Waals surface area contributed by atoms with Gasteiger partial charge in [0, 0.05) is 5.69 Å².